The van der Waals surface area contributed by atoms with Gasteiger partial charge in [-0.25, -0.2) is 9.78 Å². The van der Waals surface area contributed by atoms with Crippen LogP contribution in [0, 0.1) is 0 Å². The highest BCUT2D eigenvalue weighted by Crippen LogP contribution is 2.35. The summed E-state index contributed by atoms with van der Waals surface area (Å²) in [5.41, 5.74) is -2.95. The van der Waals surface area contributed by atoms with E-state index < -0.39 is 23.7 Å². The second-order valence-corrected chi connectivity index (χ2v) is 5.79. The van der Waals surface area contributed by atoms with Crippen molar-refractivity contribution in [2.45, 2.75) is 25.7 Å². The lowest BCUT2D eigenvalue weighted by molar-refractivity contribution is -0.207. The van der Waals surface area contributed by atoms with E-state index in [2.05, 4.69) is 9.72 Å². The van der Waals surface area contributed by atoms with Crippen molar-refractivity contribution in [2.75, 3.05) is 11.9 Å². The Morgan fingerprint density at radius 3 is 2.50 bits per heavy atom. The number of nitrogens with zero attached hydrogens (tertiary/aromatic N) is 1. The second-order valence-electron chi connectivity index (χ2n) is 4.76. The third-order valence-corrected chi connectivity index (χ3v) is 3.91. The second kappa shape index (κ2) is 6.63. The molecule has 1 aromatic carbocycles. The predicted octanol–water partition coefficient (Wildman–Crippen LogP) is 2.67. The Labute approximate surface area is 139 Å². The summed E-state index contributed by atoms with van der Waals surface area (Å²) in [6, 6.07) is 6.69. The van der Waals surface area contributed by atoms with Crippen molar-refractivity contribution in [1.82, 2.24) is 10.3 Å². The average Bonchev–Trinajstić information content (AvgIpc) is 2.87. The number of thiazole rings is 1. The Morgan fingerprint density at radius 2 is 1.96 bits per heavy atom. The minimum absolute atomic E-state index is 0.171. The smallest absolute Gasteiger partial charge is 0.442 e. The number of ether oxygens (including phenoxy) is 1. The van der Waals surface area contributed by atoms with Gasteiger partial charge in [0.2, 0.25) is 5.91 Å². The Hall–Kier alpha value is -2.36. The fourth-order valence-corrected chi connectivity index (χ4v) is 2.90. The van der Waals surface area contributed by atoms with Gasteiger partial charge in [-0.3, -0.25) is 4.79 Å². The zero-order valence-electron chi connectivity index (χ0n) is 12.7. The maximum atomic E-state index is 13.6. The van der Waals surface area contributed by atoms with E-state index in [1.165, 1.54) is 6.92 Å². The van der Waals surface area contributed by atoms with E-state index in [-0.39, 0.29) is 11.7 Å². The number of esters is 1. The first-order chi connectivity index (χ1) is 11.2. The van der Waals surface area contributed by atoms with Gasteiger partial charge in [0.15, 0.2) is 5.13 Å². The number of anilines is 1. The molecule has 0 aliphatic rings. The van der Waals surface area contributed by atoms with Crippen LogP contribution in [0.3, 0.4) is 0 Å². The van der Waals surface area contributed by atoms with Gasteiger partial charge in [-0.15, -0.1) is 0 Å². The maximum Gasteiger partial charge on any atom is 0.442 e. The van der Waals surface area contributed by atoms with Crippen molar-refractivity contribution < 1.29 is 27.5 Å². The number of nitrogens with one attached hydrogen (secondary N) is 2. The molecule has 6 nitrogen and oxygen atoms in total. The Morgan fingerprint density at radius 1 is 1.29 bits per heavy atom. The molecule has 0 aliphatic heterocycles. The number of hydrogen-bond donors (Lipinski definition) is 2. The lowest BCUT2D eigenvalue weighted by atomic mass is 10.1. The number of para-hydroxylation sites is 1. The molecule has 1 aromatic heterocycles. The summed E-state index contributed by atoms with van der Waals surface area (Å²) in [5.74, 6) is -2.71. The fourth-order valence-electron chi connectivity index (χ4n) is 1.98. The highest BCUT2D eigenvalue weighted by molar-refractivity contribution is 7.22. The van der Waals surface area contributed by atoms with Gasteiger partial charge in [0.05, 0.1) is 16.8 Å². The Balaban J connectivity index is 2.50. The topological polar surface area (TPSA) is 80.3 Å². The van der Waals surface area contributed by atoms with Gasteiger partial charge in [0.25, 0.3) is 0 Å². The molecular formula is C14H14F3N3O3S. The van der Waals surface area contributed by atoms with Crippen molar-refractivity contribution in [3.63, 3.8) is 0 Å². The van der Waals surface area contributed by atoms with Crippen LogP contribution < -0.4 is 10.6 Å². The van der Waals surface area contributed by atoms with Crippen LogP contribution >= 0.6 is 11.3 Å². The van der Waals surface area contributed by atoms with E-state index in [1.807, 2.05) is 5.32 Å². The fraction of sp³-hybridized carbons (Fsp3) is 0.357. The first kappa shape index (κ1) is 18.0. The normalized spacial score (nSPS) is 14.0. The summed E-state index contributed by atoms with van der Waals surface area (Å²) in [7, 11) is 0. The minimum Gasteiger partial charge on any atom is -0.463 e. The summed E-state index contributed by atoms with van der Waals surface area (Å²) in [5, 5.41) is 3.47. The van der Waals surface area contributed by atoms with Gasteiger partial charge in [0.1, 0.15) is 0 Å². The lowest BCUT2D eigenvalue weighted by Crippen LogP contribution is -2.69. The van der Waals surface area contributed by atoms with Gasteiger partial charge in [-0.1, -0.05) is 23.5 Å². The van der Waals surface area contributed by atoms with Gasteiger partial charge in [0, 0.05) is 6.92 Å². The zero-order chi connectivity index (χ0) is 18.0. The number of alkyl halides is 3. The largest absolute Gasteiger partial charge is 0.463 e. The Bertz CT molecular complexity index is 729. The molecule has 0 saturated carbocycles. The van der Waals surface area contributed by atoms with E-state index in [0.29, 0.717) is 10.2 Å². The summed E-state index contributed by atoms with van der Waals surface area (Å²) >= 11 is 0.922. The molecule has 0 aliphatic carbocycles. The predicted molar refractivity (Wildman–Crippen MR) is 82.5 cm³/mol. The SMILES string of the molecule is CCOC(=O)[C@](NC(C)=O)(Nc1nc2ccccc2s1)C(F)(F)F. The molecule has 1 amide bonds. The minimum atomic E-state index is -5.15. The molecule has 24 heavy (non-hydrogen) atoms. The molecule has 2 N–H and O–H groups in total. The van der Waals surface area contributed by atoms with E-state index in [1.54, 1.807) is 29.6 Å². The van der Waals surface area contributed by atoms with Crippen molar-refractivity contribution in [1.29, 1.82) is 0 Å². The van der Waals surface area contributed by atoms with E-state index >= 15 is 0 Å². The number of halogens is 3. The van der Waals surface area contributed by atoms with Crippen molar-refractivity contribution in [3.05, 3.63) is 24.3 Å². The van der Waals surface area contributed by atoms with E-state index in [4.69, 9.17) is 0 Å². The number of amides is 1. The highest BCUT2D eigenvalue weighted by Gasteiger charge is 2.63. The summed E-state index contributed by atoms with van der Waals surface area (Å²) in [6.07, 6.45) is -5.15. The molecule has 0 saturated heterocycles. The quantitative estimate of drug-likeness (QED) is 0.632. The van der Waals surface area contributed by atoms with Crippen molar-refractivity contribution in [2.24, 2.45) is 0 Å². The van der Waals surface area contributed by atoms with Crippen molar-refractivity contribution >= 4 is 38.6 Å². The summed E-state index contributed by atoms with van der Waals surface area (Å²) in [4.78, 5) is 27.3. The van der Waals surface area contributed by atoms with Crippen LogP contribution in [0.25, 0.3) is 10.2 Å². The molecule has 0 bridgehead atoms. The summed E-state index contributed by atoms with van der Waals surface area (Å²) in [6.45, 7) is 1.96. The molecule has 0 fully saturated rings. The number of hydrogen-bond acceptors (Lipinski definition) is 6. The monoisotopic (exact) mass is 361 g/mol. The van der Waals surface area contributed by atoms with Crippen LogP contribution in [0.5, 0.6) is 0 Å². The number of carbonyl (C=O) groups is 2. The van der Waals surface area contributed by atoms with Crippen molar-refractivity contribution in [3.8, 4) is 0 Å². The summed E-state index contributed by atoms with van der Waals surface area (Å²) < 4.78 is 46.1. The number of rotatable bonds is 5. The Kier molecular flexibility index (Phi) is 4.97. The molecule has 1 atom stereocenters. The molecule has 0 radical (unpaired) electrons. The van der Waals surface area contributed by atoms with Crippen LogP contribution in [0.2, 0.25) is 0 Å². The first-order valence-corrected chi connectivity index (χ1v) is 7.67. The van der Waals surface area contributed by atoms with Gasteiger partial charge < -0.3 is 15.4 Å². The van der Waals surface area contributed by atoms with Gasteiger partial charge in [-0.2, -0.15) is 13.2 Å². The molecule has 0 spiro atoms. The molecule has 1 heterocycles. The number of fused-ring (bicyclic) bond motifs is 1. The van der Waals surface area contributed by atoms with Gasteiger partial charge in [-0.05, 0) is 19.1 Å². The average molecular weight is 361 g/mol. The third-order valence-electron chi connectivity index (χ3n) is 2.96. The van der Waals surface area contributed by atoms with Crippen LogP contribution in [0.1, 0.15) is 13.8 Å². The molecule has 0 unspecified atom stereocenters. The zero-order valence-corrected chi connectivity index (χ0v) is 13.5. The standard InChI is InChI=1S/C14H14F3N3O3S/c1-3-23-11(22)13(14(15,16)17,19-8(2)21)20-12-18-9-6-4-5-7-10(9)24-12/h4-7H,3H2,1-2H3,(H,18,20)(H,19,21)/t13-/m0/s1. The van der Waals surface area contributed by atoms with Crippen LogP contribution in [0.4, 0.5) is 18.3 Å². The van der Waals surface area contributed by atoms with E-state index in [9.17, 15) is 22.8 Å². The number of benzene rings is 1. The van der Waals surface area contributed by atoms with Crippen LogP contribution in [0.15, 0.2) is 24.3 Å². The molecule has 10 heteroatoms. The third kappa shape index (κ3) is 3.42. The molecule has 130 valence electrons. The molecular weight excluding hydrogens is 347 g/mol. The lowest BCUT2D eigenvalue weighted by Gasteiger charge is -2.33. The maximum absolute atomic E-state index is 13.6. The van der Waals surface area contributed by atoms with E-state index in [0.717, 1.165) is 18.3 Å². The molecule has 2 rings (SSSR count). The number of carbonyl (C=O) groups excluding carboxylic acids is 2. The van der Waals surface area contributed by atoms with Crippen LogP contribution in [-0.4, -0.2) is 35.3 Å². The van der Waals surface area contributed by atoms with Gasteiger partial charge >= 0.3 is 17.8 Å². The highest BCUT2D eigenvalue weighted by atomic mass is 32.1. The van der Waals surface area contributed by atoms with Crippen LogP contribution in [-0.2, 0) is 14.3 Å². The number of aromatic nitrogens is 1. The molecule has 2 aromatic rings. The first-order valence-electron chi connectivity index (χ1n) is 6.86.